The second-order valence-electron chi connectivity index (χ2n) is 7.05. The molecular weight excluding hydrogens is 519 g/mol. The van der Waals surface area contributed by atoms with E-state index in [1.165, 1.54) is 42.5 Å². The molecule has 0 heterocycles. The van der Waals surface area contributed by atoms with E-state index in [2.05, 4.69) is 5.32 Å². The number of amides is 1. The fourth-order valence-electron chi connectivity index (χ4n) is 3.01. The maximum Gasteiger partial charge on any atom is 0.418 e. The molecule has 0 atom stereocenters. The van der Waals surface area contributed by atoms with E-state index < -0.39 is 52.3 Å². The van der Waals surface area contributed by atoms with Gasteiger partial charge in [0.25, 0.3) is 0 Å². The van der Waals surface area contributed by atoms with E-state index in [4.69, 9.17) is 23.2 Å². The molecule has 0 fully saturated rings. The summed E-state index contributed by atoms with van der Waals surface area (Å²) in [5.41, 5.74) is -1.83. The molecule has 1 N–H and O–H groups in total. The van der Waals surface area contributed by atoms with Gasteiger partial charge in [0, 0.05) is 22.2 Å². The molecule has 12 heteroatoms. The minimum Gasteiger partial charge on any atom is -0.324 e. The van der Waals surface area contributed by atoms with E-state index in [9.17, 15) is 30.8 Å². The van der Waals surface area contributed by atoms with Gasteiger partial charge in [0.15, 0.2) is 0 Å². The van der Waals surface area contributed by atoms with Gasteiger partial charge < -0.3 is 5.32 Å². The van der Waals surface area contributed by atoms with Crippen molar-refractivity contribution < 1.29 is 30.8 Å². The van der Waals surface area contributed by atoms with Crippen LogP contribution in [0, 0.1) is 5.82 Å². The molecule has 0 aliphatic carbocycles. The van der Waals surface area contributed by atoms with Crippen LogP contribution in [0.15, 0.2) is 71.6 Å². The normalized spacial score (nSPS) is 12.1. The second kappa shape index (κ2) is 10.3. The maximum atomic E-state index is 14.2. The zero-order valence-corrected chi connectivity index (χ0v) is 19.4. The van der Waals surface area contributed by atoms with Gasteiger partial charge in [-0.3, -0.25) is 4.79 Å². The van der Waals surface area contributed by atoms with Crippen LogP contribution < -0.4 is 5.32 Å². The third kappa shape index (κ3) is 6.26. The van der Waals surface area contributed by atoms with Crippen LogP contribution in [0.25, 0.3) is 0 Å². The van der Waals surface area contributed by atoms with Crippen LogP contribution in [0.1, 0.15) is 11.1 Å². The first kappa shape index (κ1) is 26.0. The predicted octanol–water partition coefficient (Wildman–Crippen LogP) is 5.98. The molecule has 0 spiro atoms. The Morgan fingerprint density at radius 2 is 1.56 bits per heavy atom. The summed E-state index contributed by atoms with van der Waals surface area (Å²) in [5.74, 6) is -1.78. The third-order valence-electron chi connectivity index (χ3n) is 4.64. The van der Waals surface area contributed by atoms with Crippen molar-refractivity contribution in [1.29, 1.82) is 0 Å². The van der Waals surface area contributed by atoms with Crippen LogP contribution in [0.2, 0.25) is 10.0 Å². The SMILES string of the molecule is O=C(CN(Cc1ccccc1F)S(=O)(=O)c1ccc(Cl)cc1)Nc1ccc(Cl)cc1C(F)(F)F. The number of alkyl halides is 3. The smallest absolute Gasteiger partial charge is 0.324 e. The first-order chi connectivity index (χ1) is 15.9. The summed E-state index contributed by atoms with van der Waals surface area (Å²) in [5, 5.41) is 2.14. The largest absolute Gasteiger partial charge is 0.418 e. The van der Waals surface area contributed by atoms with Crippen LogP contribution in [0.3, 0.4) is 0 Å². The van der Waals surface area contributed by atoms with Crippen molar-refractivity contribution in [3.63, 3.8) is 0 Å². The Hall–Kier alpha value is -2.66. The number of hydrogen-bond acceptors (Lipinski definition) is 3. The van der Waals surface area contributed by atoms with Crippen LogP contribution in [0.5, 0.6) is 0 Å². The third-order valence-corrected chi connectivity index (χ3v) is 6.93. The van der Waals surface area contributed by atoms with Gasteiger partial charge in [0.1, 0.15) is 5.82 Å². The van der Waals surface area contributed by atoms with Crippen LogP contribution in [-0.2, 0) is 27.5 Å². The Bertz CT molecular complexity index is 1300. The summed E-state index contributed by atoms with van der Waals surface area (Å²) in [6.45, 7) is -1.43. The van der Waals surface area contributed by atoms with Gasteiger partial charge in [-0.2, -0.15) is 17.5 Å². The molecule has 0 aliphatic heterocycles. The lowest BCUT2D eigenvalue weighted by Gasteiger charge is -2.23. The van der Waals surface area contributed by atoms with Crippen molar-refractivity contribution in [3.8, 4) is 0 Å². The topological polar surface area (TPSA) is 66.5 Å². The zero-order chi connectivity index (χ0) is 25.1. The molecule has 5 nitrogen and oxygen atoms in total. The number of sulfonamides is 1. The fraction of sp³-hybridized carbons (Fsp3) is 0.136. The van der Waals surface area contributed by atoms with Gasteiger partial charge in [0.2, 0.25) is 15.9 Å². The number of halogens is 6. The Kier molecular flexibility index (Phi) is 7.87. The van der Waals surface area contributed by atoms with E-state index in [-0.39, 0.29) is 20.5 Å². The van der Waals surface area contributed by atoms with Gasteiger partial charge in [-0.15, -0.1) is 0 Å². The molecule has 0 aromatic heterocycles. The average Bonchev–Trinajstić information content (AvgIpc) is 2.75. The average molecular weight is 535 g/mol. The van der Waals surface area contributed by atoms with Crippen LogP contribution >= 0.6 is 23.2 Å². The highest BCUT2D eigenvalue weighted by Crippen LogP contribution is 2.36. The van der Waals surface area contributed by atoms with Crippen molar-refractivity contribution in [1.82, 2.24) is 4.31 Å². The quantitative estimate of drug-likeness (QED) is 0.379. The number of rotatable bonds is 7. The highest BCUT2D eigenvalue weighted by Gasteiger charge is 2.35. The molecule has 34 heavy (non-hydrogen) atoms. The molecule has 180 valence electrons. The molecule has 3 aromatic carbocycles. The van der Waals surface area contributed by atoms with Crippen LogP contribution in [0.4, 0.5) is 23.2 Å². The summed E-state index contributed by atoms with van der Waals surface area (Å²) in [6, 6.07) is 13.1. The van der Waals surface area contributed by atoms with Crippen molar-refractivity contribution in [2.75, 3.05) is 11.9 Å². The van der Waals surface area contributed by atoms with E-state index >= 15 is 0 Å². The number of hydrogen-bond donors (Lipinski definition) is 1. The van der Waals surface area contributed by atoms with Gasteiger partial charge in [0.05, 0.1) is 22.7 Å². The molecule has 0 aliphatic rings. The lowest BCUT2D eigenvalue weighted by molar-refractivity contribution is -0.137. The number of benzene rings is 3. The monoisotopic (exact) mass is 534 g/mol. The summed E-state index contributed by atoms with van der Waals surface area (Å²) in [7, 11) is -4.36. The first-order valence-corrected chi connectivity index (χ1v) is 11.7. The van der Waals surface area contributed by atoms with E-state index in [1.54, 1.807) is 0 Å². The Morgan fingerprint density at radius 3 is 2.18 bits per heavy atom. The molecular formula is C22H16Cl2F4N2O3S. The predicted molar refractivity (Wildman–Crippen MR) is 121 cm³/mol. The lowest BCUT2D eigenvalue weighted by Crippen LogP contribution is -2.38. The van der Waals surface area contributed by atoms with Crippen LogP contribution in [-0.4, -0.2) is 25.2 Å². The molecule has 3 aromatic rings. The number of nitrogens with zero attached hydrogens (tertiary/aromatic N) is 1. The van der Waals surface area contributed by atoms with Gasteiger partial charge in [-0.05, 0) is 48.5 Å². The molecule has 1 amide bonds. The van der Waals surface area contributed by atoms with E-state index in [0.717, 1.165) is 18.2 Å². The van der Waals surface area contributed by atoms with Gasteiger partial charge in [-0.1, -0.05) is 41.4 Å². The minimum atomic E-state index is -4.82. The number of anilines is 1. The molecule has 0 radical (unpaired) electrons. The van der Waals surface area contributed by atoms with Gasteiger partial charge >= 0.3 is 6.18 Å². The molecule has 0 bridgehead atoms. The number of carbonyl (C=O) groups excluding carboxylic acids is 1. The van der Waals surface area contributed by atoms with E-state index in [0.29, 0.717) is 10.4 Å². The highest BCUT2D eigenvalue weighted by molar-refractivity contribution is 7.89. The Labute approximate surface area is 203 Å². The summed E-state index contributed by atoms with van der Waals surface area (Å²) >= 11 is 11.4. The highest BCUT2D eigenvalue weighted by atomic mass is 35.5. The zero-order valence-electron chi connectivity index (χ0n) is 17.1. The number of nitrogens with one attached hydrogen (secondary N) is 1. The Balaban J connectivity index is 1.94. The van der Waals surface area contributed by atoms with E-state index in [1.807, 2.05) is 0 Å². The minimum absolute atomic E-state index is 0.0321. The molecule has 0 unspecified atom stereocenters. The molecule has 0 saturated carbocycles. The van der Waals surface area contributed by atoms with Gasteiger partial charge in [-0.25, -0.2) is 12.8 Å². The second-order valence-corrected chi connectivity index (χ2v) is 9.87. The standard InChI is InChI=1S/C22H16Cl2F4N2O3S/c23-15-5-8-17(9-6-15)34(32,33)30(12-14-3-1-2-4-19(14)25)13-21(31)29-20-10-7-16(24)11-18(20)22(26,27)28/h1-11H,12-13H2,(H,29,31). The Morgan fingerprint density at radius 1 is 0.941 bits per heavy atom. The summed E-state index contributed by atoms with van der Waals surface area (Å²) in [4.78, 5) is 12.4. The summed E-state index contributed by atoms with van der Waals surface area (Å²) in [6.07, 6.45) is -4.82. The molecule has 0 saturated heterocycles. The molecule has 3 rings (SSSR count). The maximum absolute atomic E-state index is 14.2. The van der Waals surface area contributed by atoms with Crippen molar-refractivity contribution in [3.05, 3.63) is 93.7 Å². The van der Waals surface area contributed by atoms with Crippen molar-refractivity contribution in [2.24, 2.45) is 0 Å². The number of carbonyl (C=O) groups is 1. The van der Waals surface area contributed by atoms with Crippen molar-refractivity contribution in [2.45, 2.75) is 17.6 Å². The van der Waals surface area contributed by atoms with Crippen molar-refractivity contribution >= 4 is 44.8 Å². The first-order valence-electron chi connectivity index (χ1n) is 9.53. The lowest BCUT2D eigenvalue weighted by atomic mass is 10.1. The fourth-order valence-corrected chi connectivity index (χ4v) is 4.68. The summed E-state index contributed by atoms with van der Waals surface area (Å²) < 4.78 is 81.3.